The topological polar surface area (TPSA) is 59.0 Å². The van der Waals surface area contributed by atoms with Gasteiger partial charge in [0.1, 0.15) is 4.88 Å². The lowest BCUT2D eigenvalue weighted by atomic mass is 9.75. The molecule has 24 heavy (non-hydrogen) atoms. The average molecular weight is 342 g/mol. The Morgan fingerprint density at radius 3 is 2.71 bits per heavy atom. The lowest BCUT2D eigenvalue weighted by Gasteiger charge is -2.41. The number of aryl methyl sites for hydroxylation is 1. The third-order valence-corrected chi connectivity index (χ3v) is 6.47. The lowest BCUT2D eigenvalue weighted by Crippen LogP contribution is -2.44. The molecule has 1 saturated carbocycles. The first kappa shape index (κ1) is 15.7. The molecule has 2 fully saturated rings. The van der Waals surface area contributed by atoms with Gasteiger partial charge in [0, 0.05) is 25.5 Å². The molecule has 1 aliphatic carbocycles. The minimum Gasteiger partial charge on any atom is -0.338 e. The van der Waals surface area contributed by atoms with Crippen LogP contribution in [0.15, 0.2) is 18.5 Å². The molecule has 126 valence electrons. The van der Waals surface area contributed by atoms with Gasteiger partial charge in [0.2, 0.25) is 0 Å². The van der Waals surface area contributed by atoms with E-state index >= 15 is 0 Å². The van der Waals surface area contributed by atoms with Crippen molar-refractivity contribution in [2.75, 3.05) is 13.1 Å². The van der Waals surface area contributed by atoms with E-state index in [-0.39, 0.29) is 5.91 Å². The van der Waals surface area contributed by atoms with Gasteiger partial charge in [-0.15, -0.1) is 11.3 Å². The van der Waals surface area contributed by atoms with Crippen LogP contribution in [0.3, 0.4) is 0 Å². The van der Waals surface area contributed by atoms with E-state index in [0.29, 0.717) is 11.7 Å². The first-order valence-electron chi connectivity index (χ1n) is 8.76. The molecule has 0 spiro atoms. The van der Waals surface area contributed by atoms with E-state index in [1.54, 1.807) is 18.5 Å². The largest absolute Gasteiger partial charge is 0.338 e. The van der Waals surface area contributed by atoms with Gasteiger partial charge in [-0.05, 0) is 37.7 Å². The second-order valence-electron chi connectivity index (χ2n) is 6.85. The molecule has 5 nitrogen and oxygen atoms in total. The first-order valence-corrected chi connectivity index (χ1v) is 9.58. The highest BCUT2D eigenvalue weighted by atomic mass is 32.1. The Hall–Kier alpha value is -1.82. The molecule has 0 N–H and O–H groups in total. The maximum atomic E-state index is 13.0. The number of aromatic nitrogens is 3. The number of hydrogen-bond acceptors (Lipinski definition) is 5. The Morgan fingerprint density at radius 2 is 1.92 bits per heavy atom. The molecule has 6 heteroatoms. The van der Waals surface area contributed by atoms with Gasteiger partial charge in [-0.25, -0.2) is 15.0 Å². The van der Waals surface area contributed by atoms with Gasteiger partial charge in [0.15, 0.2) is 10.8 Å². The van der Waals surface area contributed by atoms with Crippen LogP contribution in [0.4, 0.5) is 0 Å². The highest BCUT2D eigenvalue weighted by Gasteiger charge is 2.34. The summed E-state index contributed by atoms with van der Waals surface area (Å²) in [5, 5.41) is 0.726. The molecule has 2 aliphatic rings. The summed E-state index contributed by atoms with van der Waals surface area (Å²) < 4.78 is 0. The number of carbonyl (C=O) groups excluding carboxylic acids is 1. The molecule has 3 heterocycles. The molecule has 2 aromatic rings. The summed E-state index contributed by atoms with van der Waals surface area (Å²) >= 11 is 1.42. The van der Waals surface area contributed by atoms with Crippen LogP contribution in [0.5, 0.6) is 0 Å². The summed E-state index contributed by atoms with van der Waals surface area (Å²) in [5.41, 5.74) is 0.790. The van der Waals surface area contributed by atoms with E-state index in [1.165, 1.54) is 37.0 Å². The van der Waals surface area contributed by atoms with Crippen LogP contribution in [0.1, 0.15) is 47.5 Å². The Balaban J connectivity index is 1.53. The van der Waals surface area contributed by atoms with E-state index in [4.69, 9.17) is 0 Å². The van der Waals surface area contributed by atoms with E-state index in [0.717, 1.165) is 41.0 Å². The third-order valence-electron chi connectivity index (χ3n) is 5.33. The van der Waals surface area contributed by atoms with Gasteiger partial charge in [0.05, 0.1) is 5.69 Å². The van der Waals surface area contributed by atoms with E-state index < -0.39 is 0 Å². The van der Waals surface area contributed by atoms with Crippen molar-refractivity contribution in [3.63, 3.8) is 0 Å². The number of piperidine rings is 1. The van der Waals surface area contributed by atoms with Crippen LogP contribution < -0.4 is 0 Å². The third kappa shape index (κ3) is 2.95. The zero-order chi connectivity index (χ0) is 16.5. The molecule has 1 saturated heterocycles. The summed E-state index contributed by atoms with van der Waals surface area (Å²) in [5.74, 6) is 2.26. The summed E-state index contributed by atoms with van der Waals surface area (Å²) in [4.78, 5) is 28.8. The Bertz CT molecular complexity index is 730. The fourth-order valence-corrected chi connectivity index (χ4v) is 5.01. The SMILES string of the molecule is Cc1nc(-c2ncccn2)sc1C(=O)N1CC[C@H]2CCCC[C@H]2C1. The van der Waals surface area contributed by atoms with Gasteiger partial charge in [-0.3, -0.25) is 4.79 Å². The van der Waals surface area contributed by atoms with E-state index in [2.05, 4.69) is 15.0 Å². The van der Waals surface area contributed by atoms with Crippen molar-refractivity contribution in [2.45, 2.75) is 39.0 Å². The molecule has 0 unspecified atom stereocenters. The van der Waals surface area contributed by atoms with Crippen molar-refractivity contribution in [3.8, 4) is 10.8 Å². The van der Waals surface area contributed by atoms with Gasteiger partial charge < -0.3 is 4.90 Å². The van der Waals surface area contributed by atoms with Crippen molar-refractivity contribution in [3.05, 3.63) is 29.0 Å². The predicted molar refractivity (Wildman–Crippen MR) is 93.8 cm³/mol. The summed E-state index contributed by atoms with van der Waals surface area (Å²) in [6, 6.07) is 1.78. The van der Waals surface area contributed by atoms with Gasteiger partial charge >= 0.3 is 0 Å². The minimum atomic E-state index is 0.135. The highest BCUT2D eigenvalue weighted by molar-refractivity contribution is 7.17. The molecule has 1 aliphatic heterocycles. The molecule has 0 bridgehead atoms. The van der Waals surface area contributed by atoms with Crippen molar-refractivity contribution in [2.24, 2.45) is 11.8 Å². The second kappa shape index (κ2) is 6.59. The average Bonchev–Trinajstić information content (AvgIpc) is 3.03. The molecular formula is C18H22N4OS. The zero-order valence-electron chi connectivity index (χ0n) is 13.9. The van der Waals surface area contributed by atoms with Gasteiger partial charge in [-0.1, -0.05) is 19.3 Å². The Morgan fingerprint density at radius 1 is 1.17 bits per heavy atom. The van der Waals surface area contributed by atoms with Crippen LogP contribution >= 0.6 is 11.3 Å². The van der Waals surface area contributed by atoms with Gasteiger partial charge in [0.25, 0.3) is 5.91 Å². The van der Waals surface area contributed by atoms with Crippen LogP contribution in [-0.4, -0.2) is 38.8 Å². The van der Waals surface area contributed by atoms with Crippen molar-refractivity contribution < 1.29 is 4.79 Å². The smallest absolute Gasteiger partial charge is 0.265 e. The quantitative estimate of drug-likeness (QED) is 0.837. The molecule has 0 aromatic carbocycles. The number of nitrogens with zero attached hydrogens (tertiary/aromatic N) is 4. The molecule has 4 rings (SSSR count). The maximum absolute atomic E-state index is 13.0. The molecule has 0 radical (unpaired) electrons. The van der Waals surface area contributed by atoms with Crippen molar-refractivity contribution >= 4 is 17.2 Å². The fraction of sp³-hybridized carbons (Fsp3) is 0.556. The summed E-state index contributed by atoms with van der Waals surface area (Å²) in [6.07, 6.45) is 9.87. The zero-order valence-corrected chi connectivity index (χ0v) is 14.8. The normalized spacial score (nSPS) is 23.8. The Kier molecular flexibility index (Phi) is 4.31. The van der Waals surface area contributed by atoms with Crippen LogP contribution in [0, 0.1) is 18.8 Å². The highest BCUT2D eigenvalue weighted by Crippen LogP contribution is 2.37. The van der Waals surface area contributed by atoms with E-state index in [9.17, 15) is 4.79 Å². The second-order valence-corrected chi connectivity index (χ2v) is 7.85. The molecule has 2 atom stereocenters. The van der Waals surface area contributed by atoms with Crippen LogP contribution in [0.2, 0.25) is 0 Å². The molecular weight excluding hydrogens is 320 g/mol. The first-order chi connectivity index (χ1) is 11.7. The Labute approximate surface area is 146 Å². The predicted octanol–water partition coefficient (Wildman–Crippen LogP) is 3.56. The number of hydrogen-bond donors (Lipinski definition) is 0. The molecule has 2 aromatic heterocycles. The number of amides is 1. The summed E-state index contributed by atoms with van der Waals surface area (Å²) in [6.45, 7) is 3.70. The molecule has 1 amide bonds. The van der Waals surface area contributed by atoms with Crippen LogP contribution in [0.25, 0.3) is 10.8 Å². The summed E-state index contributed by atoms with van der Waals surface area (Å²) in [7, 11) is 0. The lowest BCUT2D eigenvalue weighted by molar-refractivity contribution is 0.0524. The number of carbonyl (C=O) groups is 1. The fourth-order valence-electron chi connectivity index (χ4n) is 4.03. The monoisotopic (exact) mass is 342 g/mol. The van der Waals surface area contributed by atoms with Crippen molar-refractivity contribution in [1.29, 1.82) is 0 Å². The van der Waals surface area contributed by atoms with Crippen molar-refractivity contribution in [1.82, 2.24) is 19.9 Å². The van der Waals surface area contributed by atoms with E-state index in [1.807, 2.05) is 11.8 Å². The minimum absolute atomic E-state index is 0.135. The number of likely N-dealkylation sites (tertiary alicyclic amines) is 1. The number of fused-ring (bicyclic) bond motifs is 1. The van der Waals surface area contributed by atoms with Gasteiger partial charge in [-0.2, -0.15) is 0 Å². The number of rotatable bonds is 2. The standard InChI is InChI=1S/C18H22N4OS/c1-12-15(24-17(21-12)16-19-8-4-9-20-16)18(23)22-10-7-13-5-2-3-6-14(13)11-22/h4,8-9,13-14H,2-3,5-7,10-11H2,1H3/t13-,14+/m1/s1. The van der Waals surface area contributed by atoms with Crippen LogP contribution in [-0.2, 0) is 0 Å². The number of thiazole rings is 1. The maximum Gasteiger partial charge on any atom is 0.265 e.